The Kier molecular flexibility index (Phi) is 3.79. The molecule has 0 saturated heterocycles. The van der Waals surface area contributed by atoms with Crippen LogP contribution in [0.4, 0.5) is 5.69 Å². The van der Waals surface area contributed by atoms with Crippen molar-refractivity contribution in [3.8, 4) is 0 Å². The van der Waals surface area contributed by atoms with Gasteiger partial charge in [-0.05, 0) is 25.1 Å². The van der Waals surface area contributed by atoms with Gasteiger partial charge >= 0.3 is 0 Å². The summed E-state index contributed by atoms with van der Waals surface area (Å²) >= 11 is 5.74. The molecule has 1 heterocycles. The maximum absolute atomic E-state index is 12.1. The molecule has 0 unspecified atom stereocenters. The highest BCUT2D eigenvalue weighted by Gasteiger charge is 2.17. The van der Waals surface area contributed by atoms with E-state index in [0.717, 1.165) is 11.3 Å². The van der Waals surface area contributed by atoms with Crippen LogP contribution in [0.5, 0.6) is 0 Å². The van der Waals surface area contributed by atoms with Crippen LogP contribution < -0.4 is 10.5 Å². The third-order valence-corrected chi connectivity index (χ3v) is 4.36. The number of aryl methyl sites for hydroxylation is 1. The number of benzene rings is 1. The number of rotatable bonds is 4. The van der Waals surface area contributed by atoms with Crippen LogP contribution in [-0.4, -0.2) is 18.6 Å². The highest BCUT2D eigenvalue weighted by Crippen LogP contribution is 2.22. The van der Waals surface area contributed by atoms with Gasteiger partial charge in [0.2, 0.25) is 10.0 Å². The normalized spacial score (nSPS) is 11.7. The quantitative estimate of drug-likeness (QED) is 0.744. The number of aromatic nitrogens is 2. The van der Waals surface area contributed by atoms with Gasteiger partial charge in [-0.15, -0.1) is 0 Å². The molecule has 0 saturated carbocycles. The van der Waals surface area contributed by atoms with Gasteiger partial charge in [0, 0.05) is 22.8 Å². The van der Waals surface area contributed by atoms with E-state index in [4.69, 9.17) is 17.3 Å². The molecule has 1 aromatic carbocycles. The van der Waals surface area contributed by atoms with E-state index < -0.39 is 10.0 Å². The minimum absolute atomic E-state index is 0.0121. The molecule has 0 aliphatic rings. The van der Waals surface area contributed by atoms with E-state index in [1.165, 1.54) is 18.2 Å². The van der Waals surface area contributed by atoms with Crippen molar-refractivity contribution in [2.24, 2.45) is 0 Å². The molecule has 102 valence electrons. The Morgan fingerprint density at radius 2 is 2.21 bits per heavy atom. The summed E-state index contributed by atoms with van der Waals surface area (Å²) in [5, 5.41) is 6.95. The van der Waals surface area contributed by atoms with Crippen LogP contribution in [0, 0.1) is 6.92 Å². The first kappa shape index (κ1) is 13.9. The second kappa shape index (κ2) is 5.20. The molecular weight excluding hydrogens is 288 g/mol. The molecule has 0 bridgehead atoms. The van der Waals surface area contributed by atoms with Crippen molar-refractivity contribution < 1.29 is 8.42 Å². The number of nitrogen functional groups attached to an aromatic ring is 1. The predicted octanol–water partition coefficient (Wildman–Crippen LogP) is 1.43. The molecule has 2 rings (SSSR count). The zero-order valence-corrected chi connectivity index (χ0v) is 11.7. The van der Waals surface area contributed by atoms with Gasteiger partial charge < -0.3 is 5.73 Å². The van der Waals surface area contributed by atoms with Gasteiger partial charge in [-0.2, -0.15) is 5.10 Å². The molecule has 0 radical (unpaired) electrons. The first-order valence-corrected chi connectivity index (χ1v) is 7.30. The molecule has 2 aromatic rings. The molecule has 1 aromatic heterocycles. The fourth-order valence-corrected chi connectivity index (χ4v) is 2.87. The minimum Gasteiger partial charge on any atom is -0.398 e. The van der Waals surface area contributed by atoms with Gasteiger partial charge in [-0.25, -0.2) is 13.1 Å². The van der Waals surface area contributed by atoms with E-state index in [1.807, 2.05) is 6.92 Å². The Labute approximate surface area is 116 Å². The summed E-state index contributed by atoms with van der Waals surface area (Å²) in [5.41, 5.74) is 7.36. The fourth-order valence-electron chi connectivity index (χ4n) is 1.57. The topological polar surface area (TPSA) is 101 Å². The number of H-pyrrole nitrogens is 1. The van der Waals surface area contributed by atoms with Crippen molar-refractivity contribution in [3.05, 3.63) is 40.7 Å². The molecule has 0 atom stereocenters. The van der Waals surface area contributed by atoms with Crippen LogP contribution in [0.3, 0.4) is 0 Å². The summed E-state index contributed by atoms with van der Waals surface area (Å²) in [6.45, 7) is 1.96. The summed E-state index contributed by atoms with van der Waals surface area (Å²) in [4.78, 5) is 0.0121. The number of hydrogen-bond acceptors (Lipinski definition) is 4. The first-order chi connectivity index (χ1) is 8.90. The van der Waals surface area contributed by atoms with Crippen molar-refractivity contribution in [1.82, 2.24) is 14.9 Å². The Hall–Kier alpha value is -1.57. The van der Waals surface area contributed by atoms with Crippen LogP contribution in [-0.2, 0) is 16.6 Å². The third kappa shape index (κ3) is 3.06. The number of sulfonamides is 1. The zero-order chi connectivity index (χ0) is 14.0. The Morgan fingerprint density at radius 1 is 1.47 bits per heavy atom. The molecule has 0 spiro atoms. The van der Waals surface area contributed by atoms with Crippen LogP contribution in [0.1, 0.15) is 11.3 Å². The standard InChI is InChI=1S/C11H13ClN4O2S/c1-7-8(5-14-16-7)6-15-19(17,18)11-3-2-9(12)4-10(11)13/h2-5,15H,6,13H2,1H3,(H,14,16). The minimum atomic E-state index is -3.68. The molecule has 0 amide bonds. The maximum atomic E-state index is 12.1. The van der Waals surface area contributed by atoms with Gasteiger partial charge in [-0.3, -0.25) is 5.10 Å². The van der Waals surface area contributed by atoms with E-state index >= 15 is 0 Å². The van der Waals surface area contributed by atoms with Crippen LogP contribution in [0.2, 0.25) is 5.02 Å². The molecular formula is C11H13ClN4O2S. The van der Waals surface area contributed by atoms with Gasteiger partial charge in [0.25, 0.3) is 0 Å². The lowest BCUT2D eigenvalue weighted by molar-refractivity contribution is 0.581. The van der Waals surface area contributed by atoms with Crippen molar-refractivity contribution in [2.75, 3.05) is 5.73 Å². The number of halogens is 1. The second-order valence-electron chi connectivity index (χ2n) is 4.03. The third-order valence-electron chi connectivity index (χ3n) is 2.65. The van der Waals surface area contributed by atoms with E-state index in [-0.39, 0.29) is 17.1 Å². The smallest absolute Gasteiger partial charge is 0.242 e. The number of nitrogens with one attached hydrogen (secondary N) is 2. The highest BCUT2D eigenvalue weighted by molar-refractivity contribution is 7.89. The lowest BCUT2D eigenvalue weighted by Crippen LogP contribution is -2.24. The van der Waals surface area contributed by atoms with Crippen LogP contribution in [0.25, 0.3) is 0 Å². The van der Waals surface area contributed by atoms with Crippen molar-refractivity contribution in [1.29, 1.82) is 0 Å². The zero-order valence-electron chi connectivity index (χ0n) is 10.1. The number of anilines is 1. The lowest BCUT2D eigenvalue weighted by atomic mass is 10.3. The van der Waals surface area contributed by atoms with Crippen LogP contribution in [0.15, 0.2) is 29.3 Å². The highest BCUT2D eigenvalue weighted by atomic mass is 35.5. The maximum Gasteiger partial charge on any atom is 0.242 e. The molecule has 0 aliphatic carbocycles. The van der Waals surface area contributed by atoms with Crippen molar-refractivity contribution >= 4 is 27.3 Å². The molecule has 19 heavy (non-hydrogen) atoms. The Bertz CT molecular complexity index is 696. The average Bonchev–Trinajstić information content (AvgIpc) is 2.72. The predicted molar refractivity (Wildman–Crippen MR) is 73.2 cm³/mol. The fraction of sp³-hybridized carbons (Fsp3) is 0.182. The van der Waals surface area contributed by atoms with Gasteiger partial charge in [0.05, 0.1) is 11.9 Å². The summed E-state index contributed by atoms with van der Waals surface area (Å²) in [6.07, 6.45) is 1.57. The number of nitrogens with two attached hydrogens (primary N) is 1. The Morgan fingerprint density at radius 3 is 2.79 bits per heavy atom. The lowest BCUT2D eigenvalue weighted by Gasteiger charge is -2.09. The van der Waals surface area contributed by atoms with Crippen molar-refractivity contribution in [3.63, 3.8) is 0 Å². The van der Waals surface area contributed by atoms with E-state index in [9.17, 15) is 8.42 Å². The number of aromatic amines is 1. The second-order valence-corrected chi connectivity index (χ2v) is 6.20. The largest absolute Gasteiger partial charge is 0.398 e. The average molecular weight is 301 g/mol. The number of nitrogens with zero attached hydrogens (tertiary/aromatic N) is 1. The van der Waals surface area contributed by atoms with E-state index in [2.05, 4.69) is 14.9 Å². The van der Waals surface area contributed by atoms with Crippen molar-refractivity contribution in [2.45, 2.75) is 18.4 Å². The van der Waals surface area contributed by atoms with Gasteiger partial charge in [0.1, 0.15) is 4.90 Å². The molecule has 0 aliphatic heterocycles. The first-order valence-electron chi connectivity index (χ1n) is 5.43. The summed E-state index contributed by atoms with van der Waals surface area (Å²) in [6, 6.07) is 4.26. The number of hydrogen-bond donors (Lipinski definition) is 3. The van der Waals surface area contributed by atoms with Gasteiger partial charge in [0.15, 0.2) is 0 Å². The monoisotopic (exact) mass is 300 g/mol. The summed E-state index contributed by atoms with van der Waals surface area (Å²) < 4.78 is 26.7. The summed E-state index contributed by atoms with van der Waals surface area (Å²) in [7, 11) is -3.68. The van der Waals surface area contributed by atoms with Crippen LogP contribution >= 0.6 is 11.6 Å². The summed E-state index contributed by atoms with van der Waals surface area (Å²) in [5.74, 6) is 0. The molecule has 6 nitrogen and oxygen atoms in total. The SMILES string of the molecule is Cc1[nH]ncc1CNS(=O)(=O)c1ccc(Cl)cc1N. The molecule has 8 heteroatoms. The molecule has 0 fully saturated rings. The van der Waals surface area contributed by atoms with E-state index in [0.29, 0.717) is 5.02 Å². The molecule has 4 N–H and O–H groups in total. The van der Waals surface area contributed by atoms with Gasteiger partial charge in [-0.1, -0.05) is 11.6 Å². The Balaban J connectivity index is 2.21. The van der Waals surface area contributed by atoms with E-state index in [1.54, 1.807) is 6.20 Å².